The van der Waals surface area contributed by atoms with E-state index in [1.165, 1.54) is 11.8 Å². The molecule has 3 nitrogen and oxygen atoms in total. The van der Waals surface area contributed by atoms with Crippen LogP contribution >= 0.6 is 27.7 Å². The lowest BCUT2D eigenvalue weighted by molar-refractivity contribution is 0.958. The lowest BCUT2D eigenvalue weighted by Crippen LogP contribution is -1.99. The topological polar surface area (TPSA) is 51.8 Å². The van der Waals surface area contributed by atoms with Crippen molar-refractivity contribution in [3.8, 4) is 0 Å². The Hall–Kier alpha value is -0.910. The molecule has 0 atom stereocenters. The molecule has 0 amide bonds. The van der Waals surface area contributed by atoms with Crippen LogP contribution in [-0.4, -0.2) is 9.97 Å². The van der Waals surface area contributed by atoms with Gasteiger partial charge in [-0.1, -0.05) is 22.0 Å². The molecule has 0 saturated carbocycles. The molecule has 82 valence electrons. The van der Waals surface area contributed by atoms with Crippen molar-refractivity contribution in [2.75, 3.05) is 0 Å². The van der Waals surface area contributed by atoms with Crippen LogP contribution in [0.3, 0.4) is 0 Å². The second-order valence-electron chi connectivity index (χ2n) is 3.05. The van der Waals surface area contributed by atoms with Crippen LogP contribution in [0.4, 0.5) is 0 Å². The van der Waals surface area contributed by atoms with Crippen LogP contribution in [0.15, 0.2) is 51.2 Å². The van der Waals surface area contributed by atoms with Gasteiger partial charge in [0.1, 0.15) is 0 Å². The zero-order valence-corrected chi connectivity index (χ0v) is 10.8. The Morgan fingerprint density at radius 2 is 1.94 bits per heavy atom. The number of benzene rings is 1. The van der Waals surface area contributed by atoms with Crippen molar-refractivity contribution < 1.29 is 0 Å². The Labute approximate surface area is 107 Å². The lowest BCUT2D eigenvalue weighted by atomic mass is 10.2. The monoisotopic (exact) mass is 295 g/mol. The number of aromatic nitrogens is 2. The van der Waals surface area contributed by atoms with Crippen molar-refractivity contribution >= 4 is 27.7 Å². The van der Waals surface area contributed by atoms with Gasteiger partial charge in [-0.2, -0.15) is 0 Å². The maximum absolute atomic E-state index is 5.72. The third-order valence-corrected chi connectivity index (χ3v) is 3.76. The molecule has 0 aliphatic heterocycles. The molecule has 0 aliphatic rings. The Morgan fingerprint density at radius 3 is 2.62 bits per heavy atom. The van der Waals surface area contributed by atoms with Gasteiger partial charge in [0.25, 0.3) is 0 Å². The number of rotatable bonds is 3. The summed E-state index contributed by atoms with van der Waals surface area (Å²) in [6.45, 7) is 0.497. The highest BCUT2D eigenvalue weighted by Crippen LogP contribution is 2.31. The van der Waals surface area contributed by atoms with Gasteiger partial charge in [-0.3, -0.25) is 0 Å². The number of nitrogens with two attached hydrogens (primary N) is 1. The van der Waals surface area contributed by atoms with Crippen LogP contribution in [0.5, 0.6) is 0 Å². The third kappa shape index (κ3) is 2.61. The Bertz CT molecular complexity index is 476. The smallest absolute Gasteiger partial charge is 0.192 e. The summed E-state index contributed by atoms with van der Waals surface area (Å²) in [5.74, 6) is 0. The van der Waals surface area contributed by atoms with Crippen molar-refractivity contribution in [3.05, 3.63) is 46.7 Å². The zero-order chi connectivity index (χ0) is 11.4. The van der Waals surface area contributed by atoms with Crippen molar-refractivity contribution in [3.63, 3.8) is 0 Å². The van der Waals surface area contributed by atoms with E-state index in [2.05, 4.69) is 25.9 Å². The second-order valence-corrected chi connectivity index (χ2v) is 4.92. The summed E-state index contributed by atoms with van der Waals surface area (Å²) in [5.41, 5.74) is 6.80. The standard InChI is InChI=1S/C11H10BrN3S/c12-9-3-1-4-10(8(9)7-13)16-11-14-5-2-6-15-11/h1-6H,7,13H2. The minimum atomic E-state index is 0.497. The minimum Gasteiger partial charge on any atom is -0.326 e. The van der Waals surface area contributed by atoms with Gasteiger partial charge in [-0.25, -0.2) is 9.97 Å². The maximum Gasteiger partial charge on any atom is 0.192 e. The van der Waals surface area contributed by atoms with E-state index in [4.69, 9.17) is 5.73 Å². The second kappa shape index (κ2) is 5.43. The molecular weight excluding hydrogens is 286 g/mol. The van der Waals surface area contributed by atoms with Crippen LogP contribution in [0.25, 0.3) is 0 Å². The average molecular weight is 296 g/mol. The van der Waals surface area contributed by atoms with Crippen LogP contribution in [0.2, 0.25) is 0 Å². The molecule has 16 heavy (non-hydrogen) atoms. The molecule has 1 aromatic carbocycles. The number of nitrogens with zero attached hydrogens (tertiary/aromatic N) is 2. The fraction of sp³-hybridized carbons (Fsp3) is 0.0909. The summed E-state index contributed by atoms with van der Waals surface area (Å²) >= 11 is 5.01. The van der Waals surface area contributed by atoms with E-state index in [0.29, 0.717) is 6.54 Å². The lowest BCUT2D eigenvalue weighted by Gasteiger charge is -2.07. The van der Waals surface area contributed by atoms with Crippen LogP contribution in [0.1, 0.15) is 5.56 Å². The van der Waals surface area contributed by atoms with E-state index < -0.39 is 0 Å². The van der Waals surface area contributed by atoms with Crippen LogP contribution < -0.4 is 5.73 Å². The van der Waals surface area contributed by atoms with Gasteiger partial charge in [0.15, 0.2) is 5.16 Å². The van der Waals surface area contributed by atoms with E-state index >= 15 is 0 Å². The fourth-order valence-electron chi connectivity index (χ4n) is 1.27. The van der Waals surface area contributed by atoms with Crippen LogP contribution in [-0.2, 0) is 6.54 Å². The molecular formula is C11H10BrN3S. The molecule has 0 fully saturated rings. The molecule has 0 saturated heterocycles. The molecule has 1 aromatic heterocycles. The first-order valence-corrected chi connectivity index (χ1v) is 6.34. The number of halogens is 1. The van der Waals surface area contributed by atoms with E-state index in [-0.39, 0.29) is 0 Å². The molecule has 2 rings (SSSR count). The summed E-state index contributed by atoms with van der Waals surface area (Å²) in [4.78, 5) is 9.44. The minimum absolute atomic E-state index is 0.497. The number of hydrogen-bond acceptors (Lipinski definition) is 4. The molecule has 0 bridgehead atoms. The first-order valence-electron chi connectivity index (χ1n) is 4.73. The maximum atomic E-state index is 5.72. The summed E-state index contributed by atoms with van der Waals surface area (Å²) in [6.07, 6.45) is 3.46. The molecule has 5 heteroatoms. The normalized spacial score (nSPS) is 10.4. The fourth-order valence-corrected chi connectivity index (χ4v) is 2.82. The van der Waals surface area contributed by atoms with Gasteiger partial charge < -0.3 is 5.73 Å². The van der Waals surface area contributed by atoms with Gasteiger partial charge in [0, 0.05) is 28.3 Å². The highest BCUT2D eigenvalue weighted by Gasteiger charge is 2.07. The van der Waals surface area contributed by atoms with Crippen molar-refractivity contribution in [1.82, 2.24) is 9.97 Å². The van der Waals surface area contributed by atoms with Crippen molar-refractivity contribution in [1.29, 1.82) is 0 Å². The van der Waals surface area contributed by atoms with Crippen LogP contribution in [0, 0.1) is 0 Å². The number of hydrogen-bond donors (Lipinski definition) is 1. The van der Waals surface area contributed by atoms with Crippen molar-refractivity contribution in [2.24, 2.45) is 5.73 Å². The third-order valence-electron chi connectivity index (χ3n) is 2.02. The highest BCUT2D eigenvalue weighted by atomic mass is 79.9. The van der Waals surface area contributed by atoms with Gasteiger partial charge in [-0.15, -0.1) is 0 Å². The van der Waals surface area contributed by atoms with E-state index in [0.717, 1.165) is 20.1 Å². The molecule has 2 aromatic rings. The van der Waals surface area contributed by atoms with E-state index in [9.17, 15) is 0 Å². The van der Waals surface area contributed by atoms with E-state index in [1.807, 2.05) is 18.2 Å². The predicted octanol–water partition coefficient (Wildman–Crippen LogP) is 2.85. The first kappa shape index (κ1) is 11.6. The SMILES string of the molecule is NCc1c(Br)cccc1Sc1ncccn1. The molecule has 0 unspecified atom stereocenters. The molecule has 0 aliphatic carbocycles. The van der Waals surface area contributed by atoms with Gasteiger partial charge in [-0.05, 0) is 35.5 Å². The van der Waals surface area contributed by atoms with Gasteiger partial charge >= 0.3 is 0 Å². The Kier molecular flexibility index (Phi) is 3.93. The molecule has 2 N–H and O–H groups in total. The molecule has 0 spiro atoms. The molecule has 0 radical (unpaired) electrons. The Morgan fingerprint density at radius 1 is 1.19 bits per heavy atom. The van der Waals surface area contributed by atoms with E-state index in [1.54, 1.807) is 18.5 Å². The quantitative estimate of drug-likeness (QED) is 0.885. The summed E-state index contributed by atoms with van der Waals surface area (Å²) < 4.78 is 1.02. The van der Waals surface area contributed by atoms with Crippen molar-refractivity contribution in [2.45, 2.75) is 16.6 Å². The average Bonchev–Trinajstić information content (AvgIpc) is 2.31. The van der Waals surface area contributed by atoms with Gasteiger partial charge in [0.2, 0.25) is 0 Å². The predicted molar refractivity (Wildman–Crippen MR) is 68.2 cm³/mol. The largest absolute Gasteiger partial charge is 0.326 e. The highest BCUT2D eigenvalue weighted by molar-refractivity contribution is 9.10. The summed E-state index contributed by atoms with van der Waals surface area (Å²) in [6, 6.07) is 7.79. The summed E-state index contributed by atoms with van der Waals surface area (Å²) in [5, 5.41) is 0.732. The zero-order valence-electron chi connectivity index (χ0n) is 8.43. The first-order chi connectivity index (χ1) is 7.81. The van der Waals surface area contributed by atoms with Gasteiger partial charge in [0.05, 0.1) is 0 Å². The molecule has 1 heterocycles. The summed E-state index contributed by atoms with van der Waals surface area (Å²) in [7, 11) is 0. The Balaban J connectivity index is 2.31.